The van der Waals surface area contributed by atoms with Gasteiger partial charge in [0, 0.05) is 18.2 Å². The third-order valence-electron chi connectivity index (χ3n) is 2.93. The molecule has 0 aromatic rings. The van der Waals surface area contributed by atoms with E-state index in [0.717, 1.165) is 44.3 Å². The normalized spacial score (nSPS) is 9.64. The van der Waals surface area contributed by atoms with Gasteiger partial charge in [-0.05, 0) is 24.7 Å². The van der Waals surface area contributed by atoms with Crippen molar-refractivity contribution >= 4 is 18.0 Å². The van der Waals surface area contributed by atoms with Crippen LogP contribution in [0.1, 0.15) is 57.8 Å². The number of carbonyl (C=O) groups is 1. The van der Waals surface area contributed by atoms with E-state index in [-0.39, 0.29) is 5.97 Å². The van der Waals surface area contributed by atoms with Gasteiger partial charge in [0.25, 0.3) is 0 Å². The molecule has 1 N–H and O–H groups in total. The molecule has 0 saturated carbocycles. The second kappa shape index (κ2) is 17.9. The van der Waals surface area contributed by atoms with Gasteiger partial charge in [-0.2, -0.15) is 5.48 Å². The Labute approximate surface area is 137 Å². The van der Waals surface area contributed by atoms with Gasteiger partial charge in [-0.3, -0.25) is 4.79 Å². The van der Waals surface area contributed by atoms with E-state index < -0.39 is 0 Å². The first-order valence-electron chi connectivity index (χ1n) is 7.55. The first-order valence-corrected chi connectivity index (χ1v) is 8.30. The summed E-state index contributed by atoms with van der Waals surface area (Å²) in [5.41, 5.74) is 2.69. The lowest BCUT2D eigenvalue weighted by atomic mass is 10.1. The predicted molar refractivity (Wildman–Crippen MR) is 87.9 cm³/mol. The van der Waals surface area contributed by atoms with Crippen LogP contribution in [0.2, 0.25) is 0 Å². The van der Waals surface area contributed by atoms with Gasteiger partial charge < -0.3 is 4.74 Å². The first kappa shape index (κ1) is 20.8. The van der Waals surface area contributed by atoms with Crippen LogP contribution >= 0.6 is 12.0 Å². The van der Waals surface area contributed by atoms with Crippen LogP contribution < -0.4 is 5.48 Å². The van der Waals surface area contributed by atoms with Crippen molar-refractivity contribution in [2.24, 2.45) is 0 Å². The maximum atomic E-state index is 10.9. The summed E-state index contributed by atoms with van der Waals surface area (Å²) in [5.74, 6) is 4.44. The van der Waals surface area contributed by atoms with E-state index in [2.05, 4.69) is 36.6 Å². The number of ether oxygens (including phenoxy) is 1. The summed E-state index contributed by atoms with van der Waals surface area (Å²) >= 11 is 0.845. The van der Waals surface area contributed by atoms with Crippen molar-refractivity contribution in [2.45, 2.75) is 57.8 Å². The van der Waals surface area contributed by atoms with Crippen molar-refractivity contribution in [2.75, 3.05) is 13.7 Å². The Kier molecular flexibility index (Phi) is 16.9. The van der Waals surface area contributed by atoms with Gasteiger partial charge in [0.15, 0.2) is 0 Å². The van der Waals surface area contributed by atoms with E-state index in [1.54, 1.807) is 0 Å². The Morgan fingerprint density at radius 1 is 1.09 bits per heavy atom. The van der Waals surface area contributed by atoms with Gasteiger partial charge in [-0.15, -0.1) is 15.7 Å². The average molecular weight is 327 g/mol. The third-order valence-corrected chi connectivity index (χ3v) is 3.25. The van der Waals surface area contributed by atoms with Crippen molar-refractivity contribution < 1.29 is 18.9 Å². The number of hydrogen-bond acceptors (Lipinski definition) is 6. The molecule has 0 unspecified atom stereocenters. The molecule has 0 bridgehead atoms. The van der Waals surface area contributed by atoms with Crippen LogP contribution in [0.4, 0.5) is 0 Å². The number of nitrogens with one attached hydrogen (secondary N) is 1. The van der Waals surface area contributed by atoms with E-state index >= 15 is 0 Å². The Hall–Kier alpha value is -1.18. The number of rotatable bonds is 14. The van der Waals surface area contributed by atoms with Crippen molar-refractivity contribution in [1.29, 1.82) is 0 Å². The molecule has 0 rings (SSSR count). The lowest BCUT2D eigenvalue weighted by Gasteiger charge is -2.03. The second-order valence-electron chi connectivity index (χ2n) is 4.66. The largest absolute Gasteiger partial charge is 0.469 e. The van der Waals surface area contributed by atoms with E-state index in [4.69, 9.17) is 6.42 Å². The van der Waals surface area contributed by atoms with Gasteiger partial charge >= 0.3 is 5.97 Å². The standard InChI is InChI=1S/C16H25NO4S/c1-3-4-15-22-21-20-17-14-12-10-8-6-5-7-9-11-13-16(18)19-2/h1,17H,5-14H2,2H3. The Morgan fingerprint density at radius 2 is 1.73 bits per heavy atom. The monoisotopic (exact) mass is 327 g/mol. The quantitative estimate of drug-likeness (QED) is 0.132. The molecule has 0 aliphatic carbocycles. The smallest absolute Gasteiger partial charge is 0.305 e. The summed E-state index contributed by atoms with van der Waals surface area (Å²) in [5, 5.41) is 2.50. The number of hydrogen-bond donors (Lipinski definition) is 1. The first-order chi connectivity index (χ1) is 10.8. The van der Waals surface area contributed by atoms with E-state index in [1.165, 1.54) is 32.8 Å². The van der Waals surface area contributed by atoms with Crippen molar-refractivity contribution in [3.05, 3.63) is 0 Å². The molecule has 0 aromatic carbocycles. The zero-order valence-electron chi connectivity index (χ0n) is 13.2. The molecule has 0 aromatic heterocycles. The predicted octanol–water partition coefficient (Wildman–Crippen LogP) is 3.37. The fraction of sp³-hybridized carbons (Fsp3) is 0.688. The number of hydroxylamine groups is 1. The molecule has 22 heavy (non-hydrogen) atoms. The molecule has 0 aliphatic heterocycles. The van der Waals surface area contributed by atoms with Gasteiger partial charge in [0.05, 0.1) is 7.11 Å². The summed E-state index contributed by atoms with van der Waals surface area (Å²) in [6.07, 6.45) is 14.5. The Bertz CT molecular complexity index is 371. The maximum absolute atomic E-state index is 10.9. The SMILES string of the molecule is C#CC#CSOONCCCCCCCCCCC(=O)OC. The third kappa shape index (κ3) is 16.9. The molecule has 0 spiro atoms. The molecule has 0 atom stereocenters. The molecular weight excluding hydrogens is 302 g/mol. The number of terminal acetylenes is 1. The van der Waals surface area contributed by atoms with Gasteiger partial charge in [0.1, 0.15) is 12.0 Å². The van der Waals surface area contributed by atoms with Crippen molar-refractivity contribution in [3.63, 3.8) is 0 Å². The summed E-state index contributed by atoms with van der Waals surface area (Å²) in [4.78, 5) is 15.6. The van der Waals surface area contributed by atoms with E-state index in [1.807, 2.05) is 0 Å². The minimum absolute atomic E-state index is 0.111. The highest BCUT2D eigenvalue weighted by Gasteiger charge is 1.99. The molecule has 0 fully saturated rings. The summed E-state index contributed by atoms with van der Waals surface area (Å²) < 4.78 is 9.24. The number of esters is 1. The van der Waals surface area contributed by atoms with Crippen molar-refractivity contribution in [1.82, 2.24) is 5.48 Å². The molecule has 0 amide bonds. The topological polar surface area (TPSA) is 56.8 Å². The van der Waals surface area contributed by atoms with Crippen LogP contribution in [0.25, 0.3) is 0 Å². The molecular formula is C16H25NO4S. The highest BCUT2D eigenvalue weighted by molar-refractivity contribution is 7.99. The van der Waals surface area contributed by atoms with Gasteiger partial charge in [-0.25, -0.2) is 0 Å². The van der Waals surface area contributed by atoms with Crippen LogP contribution in [0.15, 0.2) is 0 Å². The van der Waals surface area contributed by atoms with E-state index in [0.29, 0.717) is 6.42 Å². The fourth-order valence-electron chi connectivity index (χ4n) is 1.78. The number of unbranched alkanes of at least 4 members (excludes halogenated alkanes) is 7. The average Bonchev–Trinajstić information content (AvgIpc) is 2.54. The summed E-state index contributed by atoms with van der Waals surface area (Å²) in [7, 11) is 1.43. The van der Waals surface area contributed by atoms with Gasteiger partial charge in [0.2, 0.25) is 0 Å². The van der Waals surface area contributed by atoms with Crippen LogP contribution in [0, 0.1) is 23.5 Å². The Morgan fingerprint density at radius 3 is 2.36 bits per heavy atom. The zero-order chi connectivity index (χ0) is 16.3. The van der Waals surface area contributed by atoms with Crippen LogP contribution in [-0.4, -0.2) is 19.6 Å². The highest BCUT2D eigenvalue weighted by atomic mass is 32.2. The summed E-state index contributed by atoms with van der Waals surface area (Å²) in [6.45, 7) is 0.738. The molecule has 0 radical (unpaired) electrons. The minimum atomic E-state index is -0.111. The number of methoxy groups -OCH3 is 1. The van der Waals surface area contributed by atoms with Crippen LogP contribution in [-0.2, 0) is 18.9 Å². The molecule has 6 heteroatoms. The van der Waals surface area contributed by atoms with Crippen molar-refractivity contribution in [3.8, 4) is 23.5 Å². The van der Waals surface area contributed by atoms with E-state index in [9.17, 15) is 4.79 Å². The lowest BCUT2D eigenvalue weighted by Crippen LogP contribution is -2.14. The zero-order valence-corrected chi connectivity index (χ0v) is 14.0. The van der Waals surface area contributed by atoms with Crippen LogP contribution in [0.3, 0.4) is 0 Å². The fourth-order valence-corrected chi connectivity index (χ4v) is 2.00. The number of carbonyl (C=O) groups excluding carboxylic acids is 1. The molecule has 0 saturated heterocycles. The molecule has 0 heterocycles. The lowest BCUT2D eigenvalue weighted by molar-refractivity contribution is -0.243. The maximum Gasteiger partial charge on any atom is 0.305 e. The second-order valence-corrected chi connectivity index (χ2v) is 5.16. The minimum Gasteiger partial charge on any atom is -0.469 e. The molecule has 0 aliphatic rings. The Balaban J connectivity index is 3.06. The molecule has 124 valence electrons. The highest BCUT2D eigenvalue weighted by Crippen LogP contribution is 2.09. The molecule has 5 nitrogen and oxygen atoms in total. The van der Waals surface area contributed by atoms with Gasteiger partial charge in [-0.1, -0.05) is 38.5 Å². The van der Waals surface area contributed by atoms with Crippen LogP contribution in [0.5, 0.6) is 0 Å². The summed E-state index contributed by atoms with van der Waals surface area (Å²) in [6, 6.07) is 0.